The Bertz CT molecular complexity index is 537. The van der Waals surface area contributed by atoms with Gasteiger partial charge in [0.05, 0.1) is 24.3 Å². The third-order valence-corrected chi connectivity index (χ3v) is 3.62. The predicted octanol–water partition coefficient (Wildman–Crippen LogP) is 4.49. The topological polar surface area (TPSA) is 29.9 Å². The van der Waals surface area contributed by atoms with Crippen LogP contribution < -0.4 is 5.32 Å². The second-order valence-electron chi connectivity index (χ2n) is 4.36. The van der Waals surface area contributed by atoms with Gasteiger partial charge in [-0.3, -0.25) is 0 Å². The Morgan fingerprint density at radius 1 is 1.44 bits per heavy atom. The average Bonchev–Trinajstić information content (AvgIpc) is 2.79. The largest absolute Gasteiger partial charge is 0.378 e. The van der Waals surface area contributed by atoms with Crippen molar-refractivity contribution >= 4 is 33.2 Å². The van der Waals surface area contributed by atoms with E-state index < -0.39 is 0 Å². The van der Waals surface area contributed by atoms with Gasteiger partial charge < -0.3 is 9.88 Å². The van der Waals surface area contributed by atoms with Gasteiger partial charge in [0.1, 0.15) is 0 Å². The minimum absolute atomic E-state index is 0.409. The first-order valence-corrected chi connectivity index (χ1v) is 6.94. The van der Waals surface area contributed by atoms with E-state index in [0.29, 0.717) is 6.04 Å². The van der Waals surface area contributed by atoms with Gasteiger partial charge in [0.25, 0.3) is 0 Å². The molecule has 96 valence electrons. The third-order valence-electron chi connectivity index (χ3n) is 2.69. The van der Waals surface area contributed by atoms with Gasteiger partial charge in [-0.2, -0.15) is 0 Å². The summed E-state index contributed by atoms with van der Waals surface area (Å²) < 4.78 is 3.15. The van der Waals surface area contributed by atoms with Crippen LogP contribution in [0.3, 0.4) is 0 Å². The van der Waals surface area contributed by atoms with Crippen molar-refractivity contribution in [2.75, 3.05) is 5.32 Å². The van der Waals surface area contributed by atoms with Crippen LogP contribution in [0.1, 0.15) is 25.6 Å². The standard InChI is InChI=1S/C13H15BrClN3/c1-9(2)18-8-16-6-11(18)7-17-13-5-10(15)3-4-12(13)14/h3-6,8-9,17H,7H2,1-2H3. The lowest BCUT2D eigenvalue weighted by Gasteiger charge is -2.13. The van der Waals surface area contributed by atoms with Crippen LogP contribution in [0.4, 0.5) is 5.69 Å². The molecule has 0 aliphatic rings. The second kappa shape index (κ2) is 5.76. The van der Waals surface area contributed by atoms with Crippen LogP contribution in [-0.4, -0.2) is 9.55 Å². The van der Waals surface area contributed by atoms with Gasteiger partial charge >= 0.3 is 0 Å². The molecule has 18 heavy (non-hydrogen) atoms. The third kappa shape index (κ3) is 3.06. The number of rotatable bonds is 4. The molecule has 0 bridgehead atoms. The van der Waals surface area contributed by atoms with E-state index in [2.05, 4.69) is 44.6 Å². The molecule has 0 radical (unpaired) electrons. The highest BCUT2D eigenvalue weighted by atomic mass is 79.9. The summed E-state index contributed by atoms with van der Waals surface area (Å²) in [5, 5.41) is 4.08. The SMILES string of the molecule is CC(C)n1cncc1CNc1cc(Cl)ccc1Br. The average molecular weight is 329 g/mol. The lowest BCUT2D eigenvalue weighted by molar-refractivity contribution is 0.577. The van der Waals surface area contributed by atoms with E-state index in [9.17, 15) is 0 Å². The summed E-state index contributed by atoms with van der Waals surface area (Å²) in [4.78, 5) is 4.18. The quantitative estimate of drug-likeness (QED) is 0.896. The molecule has 5 heteroatoms. The minimum Gasteiger partial charge on any atom is -0.378 e. The molecule has 1 aromatic heterocycles. The number of halogens is 2. The van der Waals surface area contributed by atoms with E-state index in [0.717, 1.165) is 27.4 Å². The Labute approximate surface area is 120 Å². The van der Waals surface area contributed by atoms with Gasteiger partial charge in [0, 0.05) is 21.7 Å². The second-order valence-corrected chi connectivity index (χ2v) is 5.65. The van der Waals surface area contributed by atoms with E-state index in [4.69, 9.17) is 11.6 Å². The predicted molar refractivity (Wildman–Crippen MR) is 79.1 cm³/mol. The molecular weight excluding hydrogens is 314 g/mol. The highest BCUT2D eigenvalue weighted by Gasteiger charge is 2.06. The first kappa shape index (κ1) is 13.4. The lowest BCUT2D eigenvalue weighted by Crippen LogP contribution is -2.09. The van der Waals surface area contributed by atoms with Crippen molar-refractivity contribution in [1.82, 2.24) is 9.55 Å². The van der Waals surface area contributed by atoms with Crippen LogP contribution in [0.25, 0.3) is 0 Å². The van der Waals surface area contributed by atoms with Crippen LogP contribution in [0.15, 0.2) is 35.2 Å². The summed E-state index contributed by atoms with van der Waals surface area (Å²) >= 11 is 9.48. The fourth-order valence-corrected chi connectivity index (χ4v) is 2.31. The number of hydrogen-bond donors (Lipinski definition) is 1. The molecule has 2 rings (SSSR count). The van der Waals surface area contributed by atoms with Crippen molar-refractivity contribution in [1.29, 1.82) is 0 Å². The zero-order chi connectivity index (χ0) is 13.1. The number of benzene rings is 1. The van der Waals surface area contributed by atoms with Crippen LogP contribution in [0.2, 0.25) is 5.02 Å². The summed E-state index contributed by atoms with van der Waals surface area (Å²) in [6.45, 7) is 5.00. The molecule has 0 spiro atoms. The smallest absolute Gasteiger partial charge is 0.0951 e. The molecule has 3 nitrogen and oxygen atoms in total. The van der Waals surface area contributed by atoms with Crippen molar-refractivity contribution in [3.05, 3.63) is 45.9 Å². The van der Waals surface area contributed by atoms with Gasteiger partial charge in [-0.25, -0.2) is 4.98 Å². The van der Waals surface area contributed by atoms with Crippen molar-refractivity contribution in [2.24, 2.45) is 0 Å². The van der Waals surface area contributed by atoms with Crippen molar-refractivity contribution < 1.29 is 0 Å². The summed E-state index contributed by atoms with van der Waals surface area (Å²) in [7, 11) is 0. The van der Waals surface area contributed by atoms with Gasteiger partial charge in [-0.1, -0.05) is 11.6 Å². The van der Waals surface area contributed by atoms with Crippen LogP contribution in [0.5, 0.6) is 0 Å². The number of anilines is 1. The Balaban J connectivity index is 2.11. The van der Waals surface area contributed by atoms with Crippen LogP contribution in [0, 0.1) is 0 Å². The van der Waals surface area contributed by atoms with Crippen molar-refractivity contribution in [2.45, 2.75) is 26.4 Å². The monoisotopic (exact) mass is 327 g/mol. The highest BCUT2D eigenvalue weighted by Crippen LogP contribution is 2.26. The van der Waals surface area contributed by atoms with E-state index in [1.807, 2.05) is 30.7 Å². The minimum atomic E-state index is 0.409. The molecule has 0 saturated carbocycles. The molecule has 0 saturated heterocycles. The fraction of sp³-hybridized carbons (Fsp3) is 0.308. The Kier molecular flexibility index (Phi) is 4.30. The molecule has 2 aromatic rings. The van der Waals surface area contributed by atoms with Gasteiger partial charge in [0.15, 0.2) is 0 Å². The van der Waals surface area contributed by atoms with Crippen LogP contribution in [-0.2, 0) is 6.54 Å². The fourth-order valence-electron chi connectivity index (χ4n) is 1.75. The molecular formula is C13H15BrClN3. The van der Waals surface area contributed by atoms with E-state index in [1.165, 1.54) is 0 Å². The first-order chi connectivity index (χ1) is 8.58. The summed E-state index contributed by atoms with van der Waals surface area (Å²) in [6, 6.07) is 6.11. The summed E-state index contributed by atoms with van der Waals surface area (Å²) in [6.07, 6.45) is 3.74. The van der Waals surface area contributed by atoms with Gasteiger partial charge in [-0.15, -0.1) is 0 Å². The zero-order valence-electron chi connectivity index (χ0n) is 10.3. The molecule has 0 atom stereocenters. The molecule has 1 N–H and O–H groups in total. The van der Waals surface area contributed by atoms with E-state index >= 15 is 0 Å². The Morgan fingerprint density at radius 2 is 2.22 bits per heavy atom. The Morgan fingerprint density at radius 3 is 2.94 bits per heavy atom. The van der Waals surface area contributed by atoms with Crippen molar-refractivity contribution in [3.63, 3.8) is 0 Å². The van der Waals surface area contributed by atoms with E-state index in [1.54, 1.807) is 0 Å². The number of aromatic nitrogens is 2. The number of hydrogen-bond acceptors (Lipinski definition) is 2. The zero-order valence-corrected chi connectivity index (χ0v) is 12.7. The molecule has 0 amide bonds. The number of nitrogens with one attached hydrogen (secondary N) is 1. The summed E-state index contributed by atoms with van der Waals surface area (Å²) in [5.74, 6) is 0. The summed E-state index contributed by atoms with van der Waals surface area (Å²) in [5.41, 5.74) is 2.14. The van der Waals surface area contributed by atoms with E-state index in [-0.39, 0.29) is 0 Å². The van der Waals surface area contributed by atoms with Crippen molar-refractivity contribution in [3.8, 4) is 0 Å². The Hall–Kier alpha value is -1.000. The number of imidazole rings is 1. The molecule has 1 aromatic carbocycles. The normalized spacial score (nSPS) is 10.9. The molecule has 0 unspecified atom stereocenters. The molecule has 1 heterocycles. The maximum absolute atomic E-state index is 5.98. The first-order valence-electron chi connectivity index (χ1n) is 5.77. The lowest BCUT2D eigenvalue weighted by atomic mass is 10.3. The van der Waals surface area contributed by atoms with Gasteiger partial charge in [-0.05, 0) is 48.0 Å². The maximum atomic E-state index is 5.98. The highest BCUT2D eigenvalue weighted by molar-refractivity contribution is 9.10. The van der Waals surface area contributed by atoms with Gasteiger partial charge in [0.2, 0.25) is 0 Å². The maximum Gasteiger partial charge on any atom is 0.0951 e. The number of nitrogens with zero attached hydrogens (tertiary/aromatic N) is 2. The van der Waals surface area contributed by atoms with Crippen LogP contribution >= 0.6 is 27.5 Å². The molecule has 0 aliphatic carbocycles. The molecule has 0 fully saturated rings. The molecule has 0 aliphatic heterocycles.